The molecule has 3 heterocycles. The van der Waals surface area contributed by atoms with Crippen LogP contribution in [0, 0.1) is 11.7 Å². The van der Waals surface area contributed by atoms with E-state index in [1.165, 1.54) is 12.1 Å². The Hall–Kier alpha value is -2.96. The van der Waals surface area contributed by atoms with Crippen molar-refractivity contribution in [2.45, 2.75) is 32.1 Å². The molecule has 0 N–H and O–H groups in total. The Kier molecular flexibility index (Phi) is 7.35. The zero-order valence-corrected chi connectivity index (χ0v) is 18.5. The molecule has 1 atom stereocenters. The van der Waals surface area contributed by atoms with Gasteiger partial charge in [-0.05, 0) is 55.0 Å². The quantitative estimate of drug-likeness (QED) is 0.695. The summed E-state index contributed by atoms with van der Waals surface area (Å²) in [5, 5.41) is 0. The van der Waals surface area contributed by atoms with Gasteiger partial charge >= 0.3 is 0 Å². The number of aromatic nitrogens is 1. The molecule has 2 aliphatic rings. The standard InChI is InChI=1S/C25H31FN4O2/c26-22-7-3-5-21(17-22)18-25(32)30-12-4-6-20(19-30)9-10-24(31)29-15-13-28(14-16-29)23-8-1-2-11-27-23/h1-3,5,7-8,11,17,20H,4,6,9-10,12-16,18-19H2/t20-/m0/s1. The van der Waals surface area contributed by atoms with Gasteiger partial charge in [0, 0.05) is 51.9 Å². The predicted molar refractivity (Wildman–Crippen MR) is 122 cm³/mol. The number of rotatable bonds is 6. The molecule has 0 bridgehead atoms. The van der Waals surface area contributed by atoms with Gasteiger partial charge in [0.25, 0.3) is 0 Å². The van der Waals surface area contributed by atoms with Gasteiger partial charge in [-0.2, -0.15) is 0 Å². The van der Waals surface area contributed by atoms with E-state index in [2.05, 4.69) is 9.88 Å². The average Bonchev–Trinajstić information content (AvgIpc) is 2.83. The predicted octanol–water partition coefficient (Wildman–Crippen LogP) is 3.13. The fourth-order valence-corrected chi connectivity index (χ4v) is 4.67. The monoisotopic (exact) mass is 438 g/mol. The second-order valence-corrected chi connectivity index (χ2v) is 8.75. The van der Waals surface area contributed by atoms with Crippen molar-refractivity contribution in [2.24, 2.45) is 5.92 Å². The number of hydrogen-bond donors (Lipinski definition) is 0. The first-order chi connectivity index (χ1) is 15.6. The van der Waals surface area contributed by atoms with Crippen molar-refractivity contribution < 1.29 is 14.0 Å². The zero-order valence-electron chi connectivity index (χ0n) is 18.5. The summed E-state index contributed by atoms with van der Waals surface area (Å²) >= 11 is 0. The first-order valence-electron chi connectivity index (χ1n) is 11.5. The highest BCUT2D eigenvalue weighted by molar-refractivity contribution is 5.79. The third-order valence-electron chi connectivity index (χ3n) is 6.49. The van der Waals surface area contributed by atoms with Gasteiger partial charge in [0.15, 0.2) is 0 Å². The summed E-state index contributed by atoms with van der Waals surface area (Å²) in [7, 11) is 0. The van der Waals surface area contributed by atoms with Crippen molar-refractivity contribution in [1.82, 2.24) is 14.8 Å². The van der Waals surface area contributed by atoms with Crippen LogP contribution in [0.2, 0.25) is 0 Å². The third-order valence-corrected chi connectivity index (χ3v) is 6.49. The third kappa shape index (κ3) is 5.84. The minimum Gasteiger partial charge on any atom is -0.353 e. The zero-order chi connectivity index (χ0) is 22.3. The summed E-state index contributed by atoms with van der Waals surface area (Å²) in [5.74, 6) is 1.24. The maximum Gasteiger partial charge on any atom is 0.227 e. The first-order valence-corrected chi connectivity index (χ1v) is 11.5. The average molecular weight is 439 g/mol. The summed E-state index contributed by atoms with van der Waals surface area (Å²) in [6, 6.07) is 12.1. The van der Waals surface area contributed by atoms with E-state index in [-0.39, 0.29) is 24.1 Å². The molecule has 32 heavy (non-hydrogen) atoms. The van der Waals surface area contributed by atoms with Gasteiger partial charge in [-0.3, -0.25) is 9.59 Å². The minimum atomic E-state index is -0.314. The van der Waals surface area contributed by atoms with Crippen molar-refractivity contribution in [3.8, 4) is 0 Å². The van der Waals surface area contributed by atoms with Crippen LogP contribution in [0.25, 0.3) is 0 Å². The lowest BCUT2D eigenvalue weighted by Gasteiger charge is -2.36. The molecular weight excluding hydrogens is 407 g/mol. The maximum absolute atomic E-state index is 13.4. The fraction of sp³-hybridized carbons (Fsp3) is 0.480. The number of pyridine rings is 1. The van der Waals surface area contributed by atoms with Crippen molar-refractivity contribution in [1.29, 1.82) is 0 Å². The number of likely N-dealkylation sites (tertiary alicyclic amines) is 1. The number of piperidine rings is 1. The number of anilines is 1. The molecule has 0 radical (unpaired) electrons. The van der Waals surface area contributed by atoms with Gasteiger partial charge in [-0.1, -0.05) is 18.2 Å². The summed E-state index contributed by atoms with van der Waals surface area (Å²) < 4.78 is 13.4. The van der Waals surface area contributed by atoms with Crippen molar-refractivity contribution >= 4 is 17.6 Å². The largest absolute Gasteiger partial charge is 0.353 e. The van der Waals surface area contributed by atoms with E-state index in [1.807, 2.05) is 28.0 Å². The molecule has 0 saturated carbocycles. The highest BCUT2D eigenvalue weighted by Gasteiger charge is 2.26. The van der Waals surface area contributed by atoms with E-state index in [0.717, 1.165) is 57.8 Å². The molecule has 0 spiro atoms. The number of halogens is 1. The van der Waals surface area contributed by atoms with Crippen LogP contribution in [0.1, 0.15) is 31.2 Å². The number of piperazine rings is 1. The Labute approximate surface area is 189 Å². The van der Waals surface area contributed by atoms with Gasteiger partial charge in [0.2, 0.25) is 11.8 Å². The van der Waals surface area contributed by atoms with E-state index in [4.69, 9.17) is 0 Å². The Morgan fingerprint density at radius 2 is 1.81 bits per heavy atom. The van der Waals surface area contributed by atoms with E-state index in [1.54, 1.807) is 18.3 Å². The molecule has 6 nitrogen and oxygen atoms in total. The molecule has 2 aromatic rings. The van der Waals surface area contributed by atoms with E-state index < -0.39 is 0 Å². The Bertz CT molecular complexity index is 915. The lowest BCUT2D eigenvalue weighted by atomic mass is 9.92. The van der Waals surface area contributed by atoms with E-state index >= 15 is 0 Å². The van der Waals surface area contributed by atoms with Crippen molar-refractivity contribution in [2.75, 3.05) is 44.2 Å². The number of amides is 2. The highest BCUT2D eigenvalue weighted by atomic mass is 19.1. The van der Waals surface area contributed by atoms with Gasteiger partial charge in [-0.25, -0.2) is 9.37 Å². The summed E-state index contributed by atoms with van der Waals surface area (Å²) in [6.45, 7) is 4.47. The molecule has 0 aliphatic carbocycles. The molecule has 2 fully saturated rings. The van der Waals surface area contributed by atoms with Crippen LogP contribution in [-0.4, -0.2) is 65.9 Å². The second-order valence-electron chi connectivity index (χ2n) is 8.75. The van der Waals surface area contributed by atoms with Gasteiger partial charge in [0.1, 0.15) is 11.6 Å². The molecule has 2 amide bonds. The van der Waals surface area contributed by atoms with Gasteiger partial charge in [0.05, 0.1) is 6.42 Å². The van der Waals surface area contributed by atoms with Gasteiger partial charge < -0.3 is 14.7 Å². The van der Waals surface area contributed by atoms with Crippen LogP contribution in [0.3, 0.4) is 0 Å². The molecule has 1 aromatic carbocycles. The Morgan fingerprint density at radius 3 is 2.56 bits per heavy atom. The molecule has 2 saturated heterocycles. The molecular formula is C25H31FN4O2. The molecule has 170 valence electrons. The van der Waals surface area contributed by atoms with Gasteiger partial charge in [-0.15, -0.1) is 0 Å². The Morgan fingerprint density at radius 1 is 0.969 bits per heavy atom. The number of carbonyl (C=O) groups is 2. The van der Waals surface area contributed by atoms with Crippen LogP contribution in [0.4, 0.5) is 10.2 Å². The lowest BCUT2D eigenvalue weighted by Crippen LogP contribution is -2.49. The molecule has 4 rings (SSSR count). The molecule has 7 heteroatoms. The normalized spacial score (nSPS) is 19.2. The smallest absolute Gasteiger partial charge is 0.227 e. The first kappa shape index (κ1) is 22.2. The van der Waals surface area contributed by atoms with E-state index in [9.17, 15) is 14.0 Å². The van der Waals surface area contributed by atoms with Crippen LogP contribution < -0.4 is 4.90 Å². The molecule has 0 unspecified atom stereocenters. The summed E-state index contributed by atoms with van der Waals surface area (Å²) in [6.07, 6.45) is 5.36. The van der Waals surface area contributed by atoms with Crippen LogP contribution in [0.5, 0.6) is 0 Å². The molecule has 2 aliphatic heterocycles. The SMILES string of the molecule is O=C(CC[C@@H]1CCCN(C(=O)Cc2cccc(F)c2)C1)N1CCN(c2ccccn2)CC1. The van der Waals surface area contributed by atoms with Crippen LogP contribution >= 0.6 is 0 Å². The molecule has 1 aromatic heterocycles. The highest BCUT2D eigenvalue weighted by Crippen LogP contribution is 2.23. The number of benzene rings is 1. The lowest BCUT2D eigenvalue weighted by molar-refractivity contribution is -0.132. The minimum absolute atomic E-state index is 0.0391. The van der Waals surface area contributed by atoms with Crippen LogP contribution in [0.15, 0.2) is 48.7 Å². The number of carbonyl (C=O) groups excluding carboxylic acids is 2. The maximum atomic E-state index is 13.4. The number of nitrogens with zero attached hydrogens (tertiary/aromatic N) is 4. The van der Waals surface area contributed by atoms with Crippen molar-refractivity contribution in [3.05, 3.63) is 60.0 Å². The summed E-state index contributed by atoms with van der Waals surface area (Å²) in [5.41, 5.74) is 0.706. The topological polar surface area (TPSA) is 56.8 Å². The fourth-order valence-electron chi connectivity index (χ4n) is 4.67. The summed E-state index contributed by atoms with van der Waals surface area (Å²) in [4.78, 5) is 35.9. The van der Waals surface area contributed by atoms with Crippen LogP contribution in [-0.2, 0) is 16.0 Å². The van der Waals surface area contributed by atoms with E-state index in [0.29, 0.717) is 24.4 Å². The Balaban J connectivity index is 1.21. The second kappa shape index (κ2) is 10.6. The number of hydrogen-bond acceptors (Lipinski definition) is 4. The van der Waals surface area contributed by atoms with Crippen molar-refractivity contribution in [3.63, 3.8) is 0 Å².